The molecule has 0 fully saturated rings. The van der Waals surface area contributed by atoms with Gasteiger partial charge in [0, 0.05) is 12.4 Å². The van der Waals surface area contributed by atoms with Gasteiger partial charge in [-0.15, -0.1) is 0 Å². The number of nitrogens with one attached hydrogen (secondary N) is 1. The molecule has 0 aliphatic rings. The zero-order valence-corrected chi connectivity index (χ0v) is 16.2. The average Bonchev–Trinajstić information content (AvgIpc) is 2.80. The van der Waals surface area contributed by atoms with E-state index in [-0.39, 0.29) is 11.4 Å². The third-order valence-corrected chi connectivity index (χ3v) is 3.89. The Morgan fingerprint density at radius 2 is 1.80 bits per heavy atom. The predicted molar refractivity (Wildman–Crippen MR) is 108 cm³/mol. The van der Waals surface area contributed by atoms with Crippen molar-refractivity contribution in [1.82, 2.24) is 15.4 Å². The van der Waals surface area contributed by atoms with E-state index in [1.165, 1.54) is 31.9 Å². The van der Waals surface area contributed by atoms with Crippen LogP contribution in [0.15, 0.2) is 66.2 Å². The molecule has 30 heavy (non-hydrogen) atoms. The lowest BCUT2D eigenvalue weighted by Gasteiger charge is -2.10. The van der Waals surface area contributed by atoms with E-state index in [4.69, 9.17) is 14.2 Å². The normalized spacial score (nSPS) is 10.5. The van der Waals surface area contributed by atoms with E-state index in [1.807, 2.05) is 0 Å². The Bertz CT molecular complexity index is 1050. The molecule has 0 unspecified atom stereocenters. The van der Waals surface area contributed by atoms with E-state index in [9.17, 15) is 9.59 Å². The first kappa shape index (κ1) is 20.5. The fraction of sp³-hybridized carbons (Fsp3) is 0.0952. The Kier molecular flexibility index (Phi) is 6.67. The quantitative estimate of drug-likeness (QED) is 0.278. The Labute approximate surface area is 172 Å². The minimum Gasteiger partial charge on any atom is -0.497 e. The highest BCUT2D eigenvalue weighted by molar-refractivity contribution is 5.93. The standard InChI is InChI=1S/C21H18N4O5/c1-28-16-6-4-15(5-7-16)21(27)30-18-8-3-14(11-19(18)29-2)12-24-25-20(26)17-13-22-9-10-23-17/h3-13H,1-2H3,(H,25,26)/b24-12-. The van der Waals surface area contributed by atoms with Crippen LogP contribution < -0.4 is 19.6 Å². The number of esters is 1. The summed E-state index contributed by atoms with van der Waals surface area (Å²) >= 11 is 0. The van der Waals surface area contributed by atoms with Gasteiger partial charge in [0.2, 0.25) is 0 Å². The summed E-state index contributed by atoms with van der Waals surface area (Å²) < 4.78 is 15.8. The van der Waals surface area contributed by atoms with Crippen molar-refractivity contribution >= 4 is 18.1 Å². The number of hydrogen-bond acceptors (Lipinski definition) is 8. The second kappa shape index (κ2) is 9.78. The number of carbonyl (C=O) groups is 2. The molecule has 0 spiro atoms. The van der Waals surface area contributed by atoms with Gasteiger partial charge in [-0.05, 0) is 48.0 Å². The second-order valence-electron chi connectivity index (χ2n) is 5.82. The molecular formula is C21H18N4O5. The Morgan fingerprint density at radius 3 is 2.47 bits per heavy atom. The van der Waals surface area contributed by atoms with Gasteiger partial charge in [-0.2, -0.15) is 5.10 Å². The average molecular weight is 406 g/mol. The number of hydrogen-bond donors (Lipinski definition) is 1. The number of rotatable bonds is 7. The van der Waals surface area contributed by atoms with Crippen molar-refractivity contribution < 1.29 is 23.8 Å². The molecule has 9 heteroatoms. The van der Waals surface area contributed by atoms with Gasteiger partial charge < -0.3 is 14.2 Å². The first-order valence-electron chi connectivity index (χ1n) is 8.74. The van der Waals surface area contributed by atoms with E-state index in [0.29, 0.717) is 22.6 Å². The molecule has 1 heterocycles. The largest absolute Gasteiger partial charge is 0.497 e. The number of hydrazone groups is 1. The third kappa shape index (κ3) is 5.16. The Hall–Kier alpha value is -4.27. The van der Waals surface area contributed by atoms with Crippen LogP contribution in [-0.2, 0) is 0 Å². The van der Waals surface area contributed by atoms with Gasteiger partial charge >= 0.3 is 5.97 Å². The topological polar surface area (TPSA) is 112 Å². The molecule has 0 aliphatic carbocycles. The maximum Gasteiger partial charge on any atom is 0.343 e. The summed E-state index contributed by atoms with van der Waals surface area (Å²) in [6.45, 7) is 0. The van der Waals surface area contributed by atoms with Crippen LogP contribution in [0.1, 0.15) is 26.4 Å². The molecule has 0 saturated heterocycles. The minimum atomic E-state index is -0.534. The van der Waals surface area contributed by atoms with Crippen molar-refractivity contribution in [3.63, 3.8) is 0 Å². The van der Waals surface area contributed by atoms with E-state index >= 15 is 0 Å². The van der Waals surface area contributed by atoms with E-state index in [2.05, 4.69) is 20.5 Å². The molecular weight excluding hydrogens is 388 g/mol. The number of ether oxygens (including phenoxy) is 3. The number of carbonyl (C=O) groups excluding carboxylic acids is 2. The monoisotopic (exact) mass is 406 g/mol. The van der Waals surface area contributed by atoms with Crippen molar-refractivity contribution in [3.8, 4) is 17.2 Å². The molecule has 3 aromatic rings. The van der Waals surface area contributed by atoms with Crippen LogP contribution in [0.25, 0.3) is 0 Å². The van der Waals surface area contributed by atoms with Crippen LogP contribution in [0.2, 0.25) is 0 Å². The van der Waals surface area contributed by atoms with Gasteiger partial charge in [0.05, 0.1) is 32.2 Å². The van der Waals surface area contributed by atoms with E-state index in [0.717, 1.165) is 0 Å². The molecule has 2 aromatic carbocycles. The highest BCUT2D eigenvalue weighted by Gasteiger charge is 2.13. The lowest BCUT2D eigenvalue weighted by atomic mass is 10.2. The first-order chi connectivity index (χ1) is 14.6. The van der Waals surface area contributed by atoms with Gasteiger partial charge in [0.1, 0.15) is 11.4 Å². The molecule has 0 radical (unpaired) electrons. The maximum atomic E-state index is 12.3. The van der Waals surface area contributed by atoms with Gasteiger partial charge in [-0.3, -0.25) is 9.78 Å². The summed E-state index contributed by atoms with van der Waals surface area (Å²) in [6.07, 6.45) is 5.64. The second-order valence-corrected chi connectivity index (χ2v) is 5.82. The molecule has 0 atom stereocenters. The first-order valence-corrected chi connectivity index (χ1v) is 8.74. The van der Waals surface area contributed by atoms with Crippen molar-refractivity contribution in [3.05, 3.63) is 77.9 Å². The molecule has 0 bridgehead atoms. The van der Waals surface area contributed by atoms with Gasteiger partial charge in [0.15, 0.2) is 11.5 Å². The van der Waals surface area contributed by atoms with Crippen molar-refractivity contribution in [2.24, 2.45) is 5.10 Å². The lowest BCUT2D eigenvalue weighted by molar-refractivity contribution is 0.0729. The lowest BCUT2D eigenvalue weighted by Crippen LogP contribution is -2.19. The molecule has 1 aromatic heterocycles. The van der Waals surface area contributed by atoms with Gasteiger partial charge in [-0.1, -0.05) is 0 Å². The van der Waals surface area contributed by atoms with Crippen molar-refractivity contribution in [2.75, 3.05) is 14.2 Å². The summed E-state index contributed by atoms with van der Waals surface area (Å²) in [6, 6.07) is 11.4. The zero-order valence-electron chi connectivity index (χ0n) is 16.2. The minimum absolute atomic E-state index is 0.146. The summed E-state index contributed by atoms with van der Waals surface area (Å²) in [4.78, 5) is 31.9. The molecule has 0 aliphatic heterocycles. The molecule has 152 valence electrons. The van der Waals surface area contributed by atoms with Crippen LogP contribution in [-0.4, -0.2) is 42.3 Å². The summed E-state index contributed by atoms with van der Waals surface area (Å²) in [7, 11) is 3.00. The van der Waals surface area contributed by atoms with Crippen LogP contribution >= 0.6 is 0 Å². The van der Waals surface area contributed by atoms with Crippen LogP contribution in [0.4, 0.5) is 0 Å². The maximum absolute atomic E-state index is 12.3. The summed E-state index contributed by atoms with van der Waals surface area (Å²) in [5.41, 5.74) is 3.49. The van der Waals surface area contributed by atoms with E-state index in [1.54, 1.807) is 49.6 Å². The SMILES string of the molecule is COc1ccc(C(=O)Oc2ccc(/C=N\NC(=O)c3cnccn3)cc2OC)cc1. The van der Waals surface area contributed by atoms with Gasteiger partial charge in [0.25, 0.3) is 5.91 Å². The number of benzene rings is 2. The predicted octanol–water partition coefficient (Wildman–Crippen LogP) is 2.48. The Morgan fingerprint density at radius 1 is 1.00 bits per heavy atom. The zero-order chi connectivity index (χ0) is 21.3. The number of amides is 1. The summed E-state index contributed by atoms with van der Waals surface area (Å²) in [5, 5.41) is 3.88. The smallest absolute Gasteiger partial charge is 0.343 e. The molecule has 1 N–H and O–H groups in total. The van der Waals surface area contributed by atoms with Gasteiger partial charge in [-0.25, -0.2) is 15.2 Å². The van der Waals surface area contributed by atoms with E-state index < -0.39 is 11.9 Å². The van der Waals surface area contributed by atoms with Crippen LogP contribution in [0.3, 0.4) is 0 Å². The Balaban J connectivity index is 1.66. The van der Waals surface area contributed by atoms with Crippen LogP contribution in [0, 0.1) is 0 Å². The number of methoxy groups -OCH3 is 2. The number of nitrogens with zero attached hydrogens (tertiary/aromatic N) is 3. The molecule has 1 amide bonds. The van der Waals surface area contributed by atoms with Crippen molar-refractivity contribution in [2.45, 2.75) is 0 Å². The highest BCUT2D eigenvalue weighted by Crippen LogP contribution is 2.28. The summed E-state index contributed by atoms with van der Waals surface area (Å²) in [5.74, 6) is 0.198. The fourth-order valence-corrected chi connectivity index (χ4v) is 2.37. The molecule has 3 rings (SSSR count). The third-order valence-electron chi connectivity index (χ3n) is 3.89. The highest BCUT2D eigenvalue weighted by atomic mass is 16.6. The molecule has 9 nitrogen and oxygen atoms in total. The van der Waals surface area contributed by atoms with Crippen LogP contribution in [0.5, 0.6) is 17.2 Å². The fourth-order valence-electron chi connectivity index (χ4n) is 2.37. The van der Waals surface area contributed by atoms with Crippen molar-refractivity contribution in [1.29, 1.82) is 0 Å². The molecule has 0 saturated carbocycles. The number of aromatic nitrogens is 2.